The van der Waals surface area contributed by atoms with Crippen LogP contribution in [0.15, 0.2) is 0 Å². The summed E-state index contributed by atoms with van der Waals surface area (Å²) in [6, 6.07) is 0. The zero-order chi connectivity index (χ0) is 23.7. The minimum atomic E-state index is -1.26. The lowest BCUT2D eigenvalue weighted by molar-refractivity contribution is -0.873. The molecule has 0 saturated heterocycles. The molecule has 31 heavy (non-hydrogen) atoms. The zero-order valence-corrected chi connectivity index (χ0v) is 19.6. The van der Waals surface area contributed by atoms with Crippen molar-refractivity contribution in [3.8, 4) is 0 Å². The number of hydrogen-bond donors (Lipinski definition) is 2. The molecule has 0 aromatic heterocycles. The maximum Gasteiger partial charge on any atom is 0.308 e. The molecule has 8 heteroatoms. The van der Waals surface area contributed by atoms with E-state index in [1.807, 2.05) is 21.1 Å². The van der Waals surface area contributed by atoms with Crippen molar-refractivity contribution in [2.24, 2.45) is 0 Å². The second kappa shape index (κ2) is 17.0. The quantitative estimate of drug-likeness (QED) is 0.167. The smallest absolute Gasteiger partial charge is 0.308 e. The van der Waals surface area contributed by atoms with Gasteiger partial charge in [-0.15, -0.1) is 0 Å². The molecule has 0 aromatic carbocycles. The van der Waals surface area contributed by atoms with Gasteiger partial charge in [-0.3, -0.25) is 9.59 Å². The number of carbonyl (C=O) groups excluding carboxylic acids is 2. The van der Waals surface area contributed by atoms with E-state index in [9.17, 15) is 24.6 Å². The number of carbonyl (C=O) groups is 3. The van der Waals surface area contributed by atoms with Crippen LogP contribution in [0.2, 0.25) is 0 Å². The molecule has 0 radical (unpaired) electrons. The van der Waals surface area contributed by atoms with Crippen LogP contribution in [0.25, 0.3) is 0 Å². The summed E-state index contributed by atoms with van der Waals surface area (Å²) in [6.45, 7) is 0.359. The van der Waals surface area contributed by atoms with Gasteiger partial charge in [-0.2, -0.15) is 0 Å². The standard InChI is InChI=1S/C23H43NO7/c1-24(2,3)18-20(17-22(28)29)31-23(30)16-19(25)14-12-10-8-6-4-5-7-9-11-13-15-21(26)27/h19-20,25H,4-18H2,1-3H3,(H-,26,27,28,29). The molecule has 0 aromatic rings. The molecule has 0 heterocycles. The summed E-state index contributed by atoms with van der Waals surface area (Å²) in [5.41, 5.74) is 0. The summed E-state index contributed by atoms with van der Waals surface area (Å²) in [4.78, 5) is 33.3. The average Bonchev–Trinajstić information content (AvgIpc) is 2.60. The van der Waals surface area contributed by atoms with Crippen molar-refractivity contribution in [3.05, 3.63) is 0 Å². The molecular weight excluding hydrogens is 402 g/mol. The van der Waals surface area contributed by atoms with Crippen LogP contribution in [0.4, 0.5) is 0 Å². The first kappa shape index (κ1) is 29.3. The van der Waals surface area contributed by atoms with E-state index in [-0.39, 0.29) is 19.3 Å². The van der Waals surface area contributed by atoms with Crippen LogP contribution in [0.1, 0.15) is 89.9 Å². The van der Waals surface area contributed by atoms with E-state index in [1.54, 1.807) is 0 Å². The van der Waals surface area contributed by atoms with E-state index in [1.165, 1.54) is 12.8 Å². The maximum atomic E-state index is 12.0. The lowest BCUT2D eigenvalue weighted by atomic mass is 10.0. The number of likely N-dealkylation sites (N-methyl/N-ethyl adjacent to an activating group) is 1. The number of rotatable bonds is 20. The predicted molar refractivity (Wildman–Crippen MR) is 116 cm³/mol. The van der Waals surface area contributed by atoms with Crippen LogP contribution in [-0.2, 0) is 19.1 Å². The molecule has 2 unspecified atom stereocenters. The maximum absolute atomic E-state index is 12.0. The lowest BCUT2D eigenvalue weighted by Crippen LogP contribution is -2.45. The van der Waals surface area contributed by atoms with Crippen LogP contribution in [-0.4, -0.2) is 72.5 Å². The Kier molecular flexibility index (Phi) is 16.0. The molecule has 0 aliphatic rings. The number of quaternary nitrogens is 1. The summed E-state index contributed by atoms with van der Waals surface area (Å²) in [7, 11) is 5.65. The Bertz CT molecular complexity index is 517. The fourth-order valence-electron chi connectivity index (χ4n) is 3.54. The van der Waals surface area contributed by atoms with Gasteiger partial charge in [-0.05, 0) is 12.8 Å². The van der Waals surface area contributed by atoms with E-state index in [2.05, 4.69) is 0 Å². The Morgan fingerprint density at radius 3 is 1.77 bits per heavy atom. The van der Waals surface area contributed by atoms with Gasteiger partial charge in [0.1, 0.15) is 6.54 Å². The van der Waals surface area contributed by atoms with Gasteiger partial charge in [0.25, 0.3) is 0 Å². The molecule has 0 fully saturated rings. The molecule has 8 nitrogen and oxygen atoms in total. The number of aliphatic hydroxyl groups excluding tert-OH is 1. The third-order valence-corrected chi connectivity index (χ3v) is 5.02. The number of aliphatic carboxylic acids is 2. The van der Waals surface area contributed by atoms with Crippen LogP contribution in [0, 0.1) is 0 Å². The van der Waals surface area contributed by atoms with Crippen molar-refractivity contribution in [3.63, 3.8) is 0 Å². The first-order valence-corrected chi connectivity index (χ1v) is 11.6. The average molecular weight is 446 g/mol. The minimum Gasteiger partial charge on any atom is -0.550 e. The van der Waals surface area contributed by atoms with Crippen molar-refractivity contribution in [2.75, 3.05) is 27.7 Å². The topological polar surface area (TPSA) is 124 Å². The number of ether oxygens (including phenoxy) is 1. The monoisotopic (exact) mass is 445 g/mol. The van der Waals surface area contributed by atoms with Crippen LogP contribution < -0.4 is 5.11 Å². The number of carboxylic acid groups (broad SMARTS) is 2. The fourth-order valence-corrected chi connectivity index (χ4v) is 3.54. The van der Waals surface area contributed by atoms with Crippen molar-refractivity contribution >= 4 is 17.9 Å². The van der Waals surface area contributed by atoms with Crippen molar-refractivity contribution in [2.45, 2.75) is 102 Å². The Balaban J connectivity index is 3.77. The molecule has 0 spiro atoms. The highest BCUT2D eigenvalue weighted by Gasteiger charge is 2.23. The van der Waals surface area contributed by atoms with E-state index in [0.29, 0.717) is 17.4 Å². The Labute approximate surface area is 187 Å². The number of nitrogens with zero attached hydrogens (tertiary/aromatic N) is 1. The second-order valence-corrected chi connectivity index (χ2v) is 9.49. The highest BCUT2D eigenvalue weighted by atomic mass is 16.5. The predicted octanol–water partition coefficient (Wildman–Crippen LogP) is 2.26. The summed E-state index contributed by atoms with van der Waals surface area (Å²) in [5, 5.41) is 29.5. The summed E-state index contributed by atoms with van der Waals surface area (Å²) < 4.78 is 5.72. The van der Waals surface area contributed by atoms with Gasteiger partial charge < -0.3 is 29.3 Å². The summed E-state index contributed by atoms with van der Waals surface area (Å²) in [5.74, 6) is -2.55. The Hall–Kier alpha value is -1.67. The van der Waals surface area contributed by atoms with Gasteiger partial charge in [-0.1, -0.05) is 57.8 Å². The number of carboxylic acids is 2. The normalized spacial score (nSPS) is 13.5. The highest BCUT2D eigenvalue weighted by Crippen LogP contribution is 2.14. The van der Waals surface area contributed by atoms with E-state index in [0.717, 1.165) is 51.4 Å². The molecule has 182 valence electrons. The van der Waals surface area contributed by atoms with Crippen molar-refractivity contribution in [1.82, 2.24) is 0 Å². The Morgan fingerprint density at radius 2 is 1.32 bits per heavy atom. The number of unbranched alkanes of at least 4 members (excludes halogenated alkanes) is 9. The second-order valence-electron chi connectivity index (χ2n) is 9.49. The highest BCUT2D eigenvalue weighted by molar-refractivity contribution is 5.71. The van der Waals surface area contributed by atoms with E-state index >= 15 is 0 Å². The van der Waals surface area contributed by atoms with Gasteiger partial charge in [0.05, 0.1) is 33.7 Å². The van der Waals surface area contributed by atoms with Gasteiger partial charge >= 0.3 is 11.9 Å². The zero-order valence-electron chi connectivity index (χ0n) is 19.6. The van der Waals surface area contributed by atoms with Crippen LogP contribution >= 0.6 is 0 Å². The minimum absolute atomic E-state index is 0.122. The number of aliphatic hydroxyl groups is 1. The van der Waals surface area contributed by atoms with Crippen molar-refractivity contribution in [1.29, 1.82) is 0 Å². The number of hydrogen-bond acceptors (Lipinski definition) is 6. The van der Waals surface area contributed by atoms with Crippen molar-refractivity contribution < 1.29 is 38.9 Å². The van der Waals surface area contributed by atoms with Gasteiger partial charge in [0.15, 0.2) is 6.10 Å². The fraction of sp³-hybridized carbons (Fsp3) is 0.870. The van der Waals surface area contributed by atoms with Crippen LogP contribution in [0.5, 0.6) is 0 Å². The largest absolute Gasteiger partial charge is 0.550 e. The molecule has 2 atom stereocenters. The molecule has 0 bridgehead atoms. The lowest BCUT2D eigenvalue weighted by Gasteiger charge is -2.29. The van der Waals surface area contributed by atoms with Gasteiger partial charge in [0, 0.05) is 18.8 Å². The van der Waals surface area contributed by atoms with E-state index < -0.39 is 30.1 Å². The number of esters is 1. The molecule has 0 rings (SSSR count). The van der Waals surface area contributed by atoms with Crippen LogP contribution in [0.3, 0.4) is 0 Å². The van der Waals surface area contributed by atoms with Gasteiger partial charge in [0.2, 0.25) is 0 Å². The molecule has 0 saturated carbocycles. The summed E-state index contributed by atoms with van der Waals surface area (Å²) in [6.07, 6.45) is 9.17. The molecule has 0 aliphatic heterocycles. The van der Waals surface area contributed by atoms with Gasteiger partial charge in [-0.25, -0.2) is 0 Å². The summed E-state index contributed by atoms with van der Waals surface area (Å²) >= 11 is 0. The molecule has 0 amide bonds. The first-order valence-electron chi connectivity index (χ1n) is 11.6. The Morgan fingerprint density at radius 1 is 0.839 bits per heavy atom. The SMILES string of the molecule is C[N+](C)(C)CC(CC(=O)[O-])OC(=O)CC(O)CCCCCCCCCCCCC(=O)O. The third kappa shape index (κ3) is 21.4. The van der Waals surface area contributed by atoms with E-state index in [4.69, 9.17) is 9.84 Å². The molecule has 0 aliphatic carbocycles. The molecule has 2 N–H and O–H groups in total. The third-order valence-electron chi connectivity index (χ3n) is 5.02. The molecular formula is C23H43NO7. The first-order chi connectivity index (χ1) is 14.5.